The minimum Gasteiger partial charge on any atom is -0.493 e. The Morgan fingerprint density at radius 2 is 2.00 bits per heavy atom. The first-order valence-corrected chi connectivity index (χ1v) is 9.74. The highest BCUT2D eigenvalue weighted by molar-refractivity contribution is 5.87. The highest BCUT2D eigenvalue weighted by Gasteiger charge is 2.28. The maximum Gasteiger partial charge on any atom is 0.339 e. The van der Waals surface area contributed by atoms with E-state index in [4.69, 9.17) is 19.6 Å². The zero-order valence-corrected chi connectivity index (χ0v) is 17.3. The van der Waals surface area contributed by atoms with Crippen LogP contribution in [0.25, 0.3) is 11.3 Å². The third-order valence-electron chi connectivity index (χ3n) is 5.32. The average molecular weight is 400 g/mol. The molecule has 0 spiro atoms. The number of carboxylic acid groups (broad SMARTS) is 1. The van der Waals surface area contributed by atoms with E-state index in [1.165, 1.54) is 0 Å². The van der Waals surface area contributed by atoms with Crippen molar-refractivity contribution in [3.05, 3.63) is 40.9 Å². The Balaban J connectivity index is 2.10. The van der Waals surface area contributed by atoms with Crippen LogP contribution < -0.4 is 14.8 Å². The molecule has 2 aromatic rings. The first-order valence-electron chi connectivity index (χ1n) is 9.74. The van der Waals surface area contributed by atoms with Crippen molar-refractivity contribution in [2.45, 2.75) is 32.7 Å². The summed E-state index contributed by atoms with van der Waals surface area (Å²) < 4.78 is 18.5. The van der Waals surface area contributed by atoms with Gasteiger partial charge >= 0.3 is 5.97 Å². The summed E-state index contributed by atoms with van der Waals surface area (Å²) in [7, 11) is 3.26. The van der Waals surface area contributed by atoms with Gasteiger partial charge in [0.25, 0.3) is 0 Å². The van der Waals surface area contributed by atoms with Crippen molar-refractivity contribution >= 4 is 5.97 Å². The Bertz CT molecular complexity index is 964. The SMILES string of the molecule is COCCCOc1cc2c(cc1OC)-c1cc(=N)c(C(=O)O)cn1C(C(C)C)C2. The number of fused-ring (bicyclic) bond motifs is 3. The molecule has 0 bridgehead atoms. The van der Waals surface area contributed by atoms with Gasteiger partial charge in [0.2, 0.25) is 0 Å². The van der Waals surface area contributed by atoms with Crippen LogP contribution in [-0.4, -0.2) is 43.1 Å². The van der Waals surface area contributed by atoms with E-state index in [1.807, 2.05) is 16.7 Å². The molecule has 2 N–H and O–H groups in total. The van der Waals surface area contributed by atoms with Gasteiger partial charge in [0, 0.05) is 37.9 Å². The van der Waals surface area contributed by atoms with Gasteiger partial charge in [-0.25, -0.2) is 4.79 Å². The van der Waals surface area contributed by atoms with Crippen molar-refractivity contribution in [3.8, 4) is 22.8 Å². The molecule has 1 aliphatic rings. The Kier molecular flexibility index (Phi) is 6.27. The molecule has 0 amide bonds. The van der Waals surface area contributed by atoms with E-state index < -0.39 is 5.97 Å². The molecule has 1 aliphatic heterocycles. The molecule has 3 rings (SSSR count). The summed E-state index contributed by atoms with van der Waals surface area (Å²) in [6.45, 7) is 5.39. The van der Waals surface area contributed by atoms with Gasteiger partial charge in [0.05, 0.1) is 24.8 Å². The van der Waals surface area contributed by atoms with Gasteiger partial charge in [-0.1, -0.05) is 13.8 Å². The van der Waals surface area contributed by atoms with Gasteiger partial charge in [-0.2, -0.15) is 0 Å². The van der Waals surface area contributed by atoms with Crippen molar-refractivity contribution in [1.82, 2.24) is 4.57 Å². The maximum absolute atomic E-state index is 11.5. The van der Waals surface area contributed by atoms with Gasteiger partial charge in [-0.3, -0.25) is 5.41 Å². The summed E-state index contributed by atoms with van der Waals surface area (Å²) in [5, 5.41) is 17.6. The summed E-state index contributed by atoms with van der Waals surface area (Å²) in [5.41, 5.74) is 2.87. The summed E-state index contributed by atoms with van der Waals surface area (Å²) in [4.78, 5) is 11.5. The van der Waals surface area contributed by atoms with Crippen LogP contribution in [0.2, 0.25) is 0 Å². The van der Waals surface area contributed by atoms with Gasteiger partial charge in [0.1, 0.15) is 5.56 Å². The van der Waals surface area contributed by atoms with E-state index in [-0.39, 0.29) is 17.0 Å². The molecule has 0 fully saturated rings. The molecular weight excluding hydrogens is 372 g/mol. The quantitative estimate of drug-likeness (QED) is 0.662. The van der Waals surface area contributed by atoms with Crippen LogP contribution in [0.1, 0.15) is 42.2 Å². The first-order chi connectivity index (χ1) is 13.9. The lowest BCUT2D eigenvalue weighted by Crippen LogP contribution is -2.28. The largest absolute Gasteiger partial charge is 0.493 e. The van der Waals surface area contributed by atoms with Crippen molar-refractivity contribution < 1.29 is 24.1 Å². The molecule has 1 unspecified atom stereocenters. The Labute approximate surface area is 170 Å². The molecule has 156 valence electrons. The second-order valence-electron chi connectivity index (χ2n) is 7.57. The fourth-order valence-electron chi connectivity index (χ4n) is 3.78. The zero-order chi connectivity index (χ0) is 21.1. The van der Waals surface area contributed by atoms with Gasteiger partial charge in [0.15, 0.2) is 11.5 Å². The summed E-state index contributed by atoms with van der Waals surface area (Å²) in [6, 6.07) is 5.65. The highest BCUT2D eigenvalue weighted by atomic mass is 16.5. The van der Waals surface area contributed by atoms with Gasteiger partial charge in [-0.15, -0.1) is 0 Å². The summed E-state index contributed by atoms with van der Waals surface area (Å²) in [6.07, 6.45) is 3.12. The smallest absolute Gasteiger partial charge is 0.339 e. The molecule has 0 saturated heterocycles. The van der Waals surface area contributed by atoms with Crippen molar-refractivity contribution in [2.75, 3.05) is 27.4 Å². The lowest BCUT2D eigenvalue weighted by atomic mass is 9.87. The van der Waals surface area contributed by atoms with Gasteiger partial charge < -0.3 is 23.9 Å². The van der Waals surface area contributed by atoms with E-state index in [2.05, 4.69) is 13.8 Å². The van der Waals surface area contributed by atoms with Crippen molar-refractivity contribution in [3.63, 3.8) is 0 Å². The topological polar surface area (TPSA) is 93.8 Å². The number of hydrogen-bond donors (Lipinski definition) is 2. The highest BCUT2D eigenvalue weighted by Crippen LogP contribution is 2.42. The molecule has 1 aromatic carbocycles. The molecule has 7 heteroatoms. The van der Waals surface area contributed by atoms with Crippen LogP contribution >= 0.6 is 0 Å². The number of hydrogen-bond acceptors (Lipinski definition) is 5. The second-order valence-corrected chi connectivity index (χ2v) is 7.57. The first kappa shape index (κ1) is 20.9. The number of aromatic carboxylic acids is 1. The van der Waals surface area contributed by atoms with E-state index in [9.17, 15) is 9.90 Å². The van der Waals surface area contributed by atoms with Crippen LogP contribution in [0, 0.1) is 11.3 Å². The monoisotopic (exact) mass is 400 g/mol. The Morgan fingerprint density at radius 1 is 1.24 bits per heavy atom. The van der Waals surface area contributed by atoms with Crippen LogP contribution in [0.3, 0.4) is 0 Å². The number of pyridine rings is 1. The number of aromatic nitrogens is 1. The van der Waals surface area contributed by atoms with Crippen molar-refractivity contribution in [1.29, 1.82) is 5.41 Å². The van der Waals surface area contributed by atoms with Crippen molar-refractivity contribution in [2.24, 2.45) is 5.92 Å². The molecule has 1 aromatic heterocycles. The predicted octanol–water partition coefficient (Wildman–Crippen LogP) is 3.51. The Morgan fingerprint density at radius 3 is 2.62 bits per heavy atom. The van der Waals surface area contributed by atoms with E-state index in [0.29, 0.717) is 30.6 Å². The zero-order valence-electron chi connectivity index (χ0n) is 17.3. The standard InChI is InChI=1S/C22H28N2O5/c1-13(2)18-8-14-9-21(29-7-5-6-27-3)20(28-4)10-15(14)19-11-17(23)16(22(25)26)12-24(18)19/h9-13,18,23H,5-8H2,1-4H3,(H,25,26). The number of carbonyl (C=O) groups is 1. The van der Waals surface area contributed by atoms with Crippen LogP contribution in [0.4, 0.5) is 0 Å². The molecule has 0 aliphatic carbocycles. The summed E-state index contributed by atoms with van der Waals surface area (Å²) in [5.74, 6) is 0.505. The number of nitrogens with one attached hydrogen (secondary N) is 1. The number of ether oxygens (including phenoxy) is 3. The molecular formula is C22H28N2O5. The predicted molar refractivity (Wildman–Crippen MR) is 109 cm³/mol. The molecule has 2 heterocycles. The van der Waals surface area contributed by atoms with Crippen LogP contribution in [-0.2, 0) is 11.2 Å². The third-order valence-corrected chi connectivity index (χ3v) is 5.32. The fourth-order valence-corrected chi connectivity index (χ4v) is 3.78. The van der Waals surface area contributed by atoms with Crippen LogP contribution in [0.5, 0.6) is 11.5 Å². The number of carboxylic acids is 1. The number of rotatable bonds is 8. The lowest BCUT2D eigenvalue weighted by molar-refractivity contribution is 0.0693. The molecule has 0 radical (unpaired) electrons. The van der Waals surface area contributed by atoms with E-state index in [0.717, 1.165) is 29.7 Å². The average Bonchev–Trinajstić information content (AvgIpc) is 2.69. The fraction of sp³-hybridized carbons (Fsp3) is 0.455. The van der Waals surface area contributed by atoms with E-state index >= 15 is 0 Å². The number of methoxy groups -OCH3 is 2. The lowest BCUT2D eigenvalue weighted by Gasteiger charge is -2.34. The molecule has 29 heavy (non-hydrogen) atoms. The third kappa shape index (κ3) is 4.15. The minimum absolute atomic E-state index is 0.00188. The molecule has 0 saturated carbocycles. The normalized spacial score (nSPS) is 15.0. The van der Waals surface area contributed by atoms with Gasteiger partial charge in [-0.05, 0) is 36.1 Å². The van der Waals surface area contributed by atoms with E-state index in [1.54, 1.807) is 26.5 Å². The Hall–Kier alpha value is -2.80. The molecule has 7 nitrogen and oxygen atoms in total. The number of nitrogens with zero attached hydrogens (tertiary/aromatic N) is 1. The maximum atomic E-state index is 11.5. The minimum atomic E-state index is -1.09. The summed E-state index contributed by atoms with van der Waals surface area (Å²) >= 11 is 0. The number of benzene rings is 1. The molecule has 1 atom stereocenters. The van der Waals surface area contributed by atoms with Crippen LogP contribution in [0.15, 0.2) is 24.4 Å². The second kappa shape index (κ2) is 8.69.